The monoisotopic (exact) mass is 893 g/mol. The SMILES string of the molecule is CC(C=C1Sc2ccccc2N1CC(=O)NCS(=O)(=O)[O-])=c1o/c(=c2/s/c(=c3/sc(=C(C#N)C#N)n(CCS(=O)(=O)[O-])c3=O)n(CC(=O)O)c2=O)n(CC(=O)O)c1=O. The fourth-order valence-corrected chi connectivity index (χ4v) is 9.59. The molecule has 0 saturated carbocycles. The number of allylic oxidation sites excluding steroid dienone is 1. The van der Waals surface area contributed by atoms with Crippen LogP contribution < -0.4 is 37.0 Å². The average Bonchev–Trinajstić information content (AvgIpc) is 3.83. The summed E-state index contributed by atoms with van der Waals surface area (Å²) >= 11 is 1.88. The highest BCUT2D eigenvalue weighted by molar-refractivity contribution is 8.03. The van der Waals surface area contributed by atoms with Gasteiger partial charge in [-0.25, -0.2) is 16.8 Å². The third-order valence-corrected chi connectivity index (χ3v) is 12.5. The van der Waals surface area contributed by atoms with Crippen LogP contribution in [-0.2, 0) is 54.3 Å². The summed E-state index contributed by atoms with van der Waals surface area (Å²) in [6, 6.07) is 9.73. The Labute approximate surface area is 334 Å². The maximum atomic E-state index is 13.9. The number of amides is 1. The van der Waals surface area contributed by atoms with E-state index in [1.165, 1.54) is 30.0 Å². The van der Waals surface area contributed by atoms with Crippen molar-refractivity contribution >= 4 is 89.4 Å². The molecular weight excluding hydrogens is 871 g/mol. The van der Waals surface area contributed by atoms with Gasteiger partial charge in [0.15, 0.2) is 15.5 Å². The van der Waals surface area contributed by atoms with Crippen LogP contribution in [-0.4, -0.2) is 85.9 Å². The summed E-state index contributed by atoms with van der Waals surface area (Å²) in [5, 5.41) is 40.7. The maximum Gasteiger partial charge on any atom is 0.323 e. The Balaban J connectivity index is 1.86. The summed E-state index contributed by atoms with van der Waals surface area (Å²) in [6.07, 6.45) is 1.37. The van der Waals surface area contributed by atoms with E-state index in [-0.39, 0.29) is 10.6 Å². The molecule has 4 heterocycles. The average molecular weight is 894 g/mol. The summed E-state index contributed by atoms with van der Waals surface area (Å²) in [6.45, 7) is -2.16. The van der Waals surface area contributed by atoms with Gasteiger partial charge in [-0.15, -0.1) is 22.7 Å². The second-order valence-electron chi connectivity index (χ2n) is 11.7. The highest BCUT2D eigenvalue weighted by atomic mass is 32.2. The normalized spacial score (nSPS) is 15.1. The molecule has 5 rings (SSSR count). The number of thiazole rings is 2. The van der Waals surface area contributed by atoms with Crippen molar-refractivity contribution in [1.82, 2.24) is 19.0 Å². The molecule has 0 bridgehead atoms. The van der Waals surface area contributed by atoms with Crippen molar-refractivity contribution in [3.8, 4) is 12.1 Å². The third kappa shape index (κ3) is 9.37. The van der Waals surface area contributed by atoms with Crippen LogP contribution >= 0.6 is 34.4 Å². The Kier molecular flexibility index (Phi) is 12.5. The first-order valence-corrected chi connectivity index (χ1v) is 21.3. The van der Waals surface area contributed by atoms with Gasteiger partial charge in [0.2, 0.25) is 11.5 Å². The van der Waals surface area contributed by atoms with E-state index in [4.69, 9.17) is 4.42 Å². The quantitative estimate of drug-likeness (QED) is 0.125. The van der Waals surface area contributed by atoms with Gasteiger partial charge >= 0.3 is 11.9 Å². The number of carbonyl (C=O) groups is 3. The van der Waals surface area contributed by atoms with Gasteiger partial charge < -0.3 is 34.0 Å². The number of nitrogens with zero attached hydrogens (tertiary/aromatic N) is 6. The fraction of sp³-hybridized carbons (Fsp3) is 0.226. The molecule has 0 aliphatic carbocycles. The van der Waals surface area contributed by atoms with Crippen LogP contribution in [0, 0.1) is 41.9 Å². The number of carboxylic acid groups (broad SMARTS) is 2. The standard InChI is InChI=1S/C31H25N7O15S5/c1-15(8-20-36(11-19(39)34-14-58(50,51)52)17-4-2-3-5-18(17)54-20)23-26(44)37(12-21(40)41)29(53-23)24-27(45)38(13-22(42)43)31(55-24)25-28(46)35(6-7-57(47,48)49)30(56-25)16(9-32)10-33/h2-5,8H,6-7,11-14H2,1H3,(H,34,39)(H,40,41)(H,42,43)(H,47,48,49)(H,50,51,52)/p-2/b20-8?,23-15?,29-24+,31-25+. The molecule has 58 heavy (non-hydrogen) atoms. The molecule has 304 valence electrons. The minimum atomic E-state index is -4.94. The van der Waals surface area contributed by atoms with E-state index >= 15 is 0 Å². The number of aliphatic carboxylic acids is 2. The number of carbonyl (C=O) groups excluding carboxylic acids is 1. The van der Waals surface area contributed by atoms with Crippen LogP contribution in [0.15, 0.2) is 59.1 Å². The Morgan fingerprint density at radius 2 is 1.50 bits per heavy atom. The molecule has 3 aromatic heterocycles. The van der Waals surface area contributed by atoms with Crippen molar-refractivity contribution in [1.29, 1.82) is 10.5 Å². The number of para-hydroxylation sites is 1. The number of hydrogen-bond donors (Lipinski definition) is 3. The number of hydrogen-bond acceptors (Lipinski definition) is 19. The largest absolute Gasteiger partial charge is 0.748 e. The summed E-state index contributed by atoms with van der Waals surface area (Å²) in [5.74, 6) is -6.37. The van der Waals surface area contributed by atoms with Crippen molar-refractivity contribution in [2.75, 3.05) is 23.1 Å². The van der Waals surface area contributed by atoms with Crippen LogP contribution in [0.4, 0.5) is 5.69 Å². The van der Waals surface area contributed by atoms with Crippen LogP contribution in [0.25, 0.3) is 11.1 Å². The summed E-state index contributed by atoms with van der Waals surface area (Å²) in [7, 11) is -9.74. The van der Waals surface area contributed by atoms with Gasteiger partial charge in [0.1, 0.15) is 61.6 Å². The molecule has 1 aliphatic rings. The van der Waals surface area contributed by atoms with Gasteiger partial charge in [0.25, 0.3) is 16.7 Å². The molecule has 1 aliphatic heterocycles. The topological polar surface area (TPSA) is 348 Å². The Hall–Kier alpha value is -6.07. The van der Waals surface area contributed by atoms with Crippen molar-refractivity contribution in [2.45, 2.75) is 31.5 Å². The van der Waals surface area contributed by atoms with Crippen molar-refractivity contribution in [2.24, 2.45) is 0 Å². The molecule has 27 heteroatoms. The number of nitriles is 2. The number of thioether (sulfide) groups is 1. The van der Waals surface area contributed by atoms with Crippen LogP contribution in [0.2, 0.25) is 0 Å². The maximum absolute atomic E-state index is 13.9. The lowest BCUT2D eigenvalue weighted by Crippen LogP contribution is -2.38. The van der Waals surface area contributed by atoms with E-state index in [1.807, 2.05) is 5.32 Å². The molecule has 0 atom stereocenters. The number of anilines is 1. The Bertz CT molecular complexity index is 3270. The Morgan fingerprint density at radius 1 is 0.879 bits per heavy atom. The van der Waals surface area contributed by atoms with E-state index in [0.717, 1.165) is 11.8 Å². The Morgan fingerprint density at radius 3 is 2.10 bits per heavy atom. The second-order valence-corrected chi connectivity index (χ2v) is 17.7. The lowest BCUT2D eigenvalue weighted by molar-refractivity contribution is -0.138. The zero-order valence-electron chi connectivity index (χ0n) is 29.1. The van der Waals surface area contributed by atoms with Crippen molar-refractivity contribution in [3.63, 3.8) is 0 Å². The molecule has 22 nitrogen and oxygen atoms in total. The number of aromatic nitrogens is 3. The smallest absolute Gasteiger partial charge is 0.323 e. The first kappa shape index (κ1) is 43.1. The lowest BCUT2D eigenvalue weighted by Gasteiger charge is -2.20. The number of benzene rings is 1. The number of oxazole rings is 1. The molecule has 0 unspecified atom stereocenters. The van der Waals surface area contributed by atoms with E-state index in [0.29, 0.717) is 47.0 Å². The predicted octanol–water partition coefficient (Wildman–Crippen LogP) is -2.38. The first-order chi connectivity index (χ1) is 27.1. The van der Waals surface area contributed by atoms with Gasteiger partial charge in [-0.2, -0.15) is 10.5 Å². The predicted molar refractivity (Wildman–Crippen MR) is 199 cm³/mol. The zero-order valence-corrected chi connectivity index (χ0v) is 33.1. The molecular formula is C31H23N7O15S5-2. The summed E-state index contributed by atoms with van der Waals surface area (Å²) < 4.78 is 73.1. The minimum absolute atomic E-state index is 0.0102. The van der Waals surface area contributed by atoms with Crippen molar-refractivity contribution < 1.29 is 55.0 Å². The highest BCUT2D eigenvalue weighted by Crippen LogP contribution is 2.46. The first-order valence-electron chi connectivity index (χ1n) is 15.7. The third-order valence-electron chi connectivity index (χ3n) is 7.71. The van der Waals surface area contributed by atoms with E-state index < -0.39 is 127 Å². The molecule has 1 amide bonds. The van der Waals surface area contributed by atoms with Crippen LogP contribution in [0.1, 0.15) is 6.92 Å². The molecule has 0 radical (unpaired) electrons. The summed E-state index contributed by atoms with van der Waals surface area (Å²) in [5.41, 5.74) is -4.80. The van der Waals surface area contributed by atoms with Crippen molar-refractivity contribution in [3.05, 3.63) is 95.8 Å². The van der Waals surface area contributed by atoms with E-state index in [9.17, 15) is 75.4 Å². The van der Waals surface area contributed by atoms with Gasteiger partial charge in [0.05, 0.1) is 26.6 Å². The summed E-state index contributed by atoms with van der Waals surface area (Å²) in [4.78, 5) is 80.0. The highest BCUT2D eigenvalue weighted by Gasteiger charge is 2.27. The number of carboxylic acids is 2. The number of nitrogens with one attached hydrogen (secondary N) is 1. The van der Waals surface area contributed by atoms with Gasteiger partial charge in [0, 0.05) is 17.0 Å². The van der Waals surface area contributed by atoms with Gasteiger partial charge in [-0.05, 0) is 25.1 Å². The van der Waals surface area contributed by atoms with Gasteiger partial charge in [-0.1, -0.05) is 23.9 Å². The van der Waals surface area contributed by atoms with Crippen LogP contribution in [0.5, 0.6) is 0 Å². The van der Waals surface area contributed by atoms with Crippen LogP contribution in [0.3, 0.4) is 0 Å². The number of fused-ring (bicyclic) bond motifs is 1. The molecule has 0 saturated heterocycles. The number of rotatable bonds is 12. The fourth-order valence-electron chi connectivity index (χ4n) is 5.30. The molecule has 4 aromatic rings. The molecule has 0 spiro atoms. The minimum Gasteiger partial charge on any atom is -0.748 e. The van der Waals surface area contributed by atoms with E-state index in [2.05, 4.69) is 0 Å². The molecule has 3 N–H and O–H groups in total. The second kappa shape index (κ2) is 16.8. The zero-order chi connectivity index (χ0) is 42.9. The van der Waals surface area contributed by atoms with Gasteiger partial charge in [-0.3, -0.25) is 42.5 Å². The molecule has 0 fully saturated rings. The molecule has 1 aromatic carbocycles. The lowest BCUT2D eigenvalue weighted by atomic mass is 10.2. The van der Waals surface area contributed by atoms with E-state index in [1.54, 1.807) is 24.3 Å².